The molecule has 0 aliphatic carbocycles. The van der Waals surface area contributed by atoms with Gasteiger partial charge in [-0.15, -0.1) is 0 Å². The Morgan fingerprint density at radius 3 is 2.80 bits per heavy atom. The van der Waals surface area contributed by atoms with E-state index in [9.17, 15) is 4.79 Å². The van der Waals surface area contributed by atoms with Crippen molar-refractivity contribution < 1.29 is 4.79 Å². The van der Waals surface area contributed by atoms with Crippen LogP contribution >= 0.6 is 23.2 Å². The molecule has 1 aromatic rings. The zero-order valence-corrected chi connectivity index (χ0v) is 9.29. The number of rotatable bonds is 1. The van der Waals surface area contributed by atoms with Crippen molar-refractivity contribution in [2.24, 2.45) is 5.73 Å². The van der Waals surface area contributed by atoms with Crippen molar-refractivity contribution in [3.8, 4) is 0 Å². The SMILES string of the molecule is NC1CC(=O)N(c2ncc(Cl)cc2Cl)C1. The third kappa shape index (κ3) is 2.07. The number of anilines is 1. The molecule has 1 aromatic heterocycles. The summed E-state index contributed by atoms with van der Waals surface area (Å²) >= 11 is 11.7. The van der Waals surface area contributed by atoms with Crippen LogP contribution in [0.5, 0.6) is 0 Å². The van der Waals surface area contributed by atoms with E-state index >= 15 is 0 Å². The fraction of sp³-hybridized carbons (Fsp3) is 0.333. The summed E-state index contributed by atoms with van der Waals surface area (Å²) < 4.78 is 0. The van der Waals surface area contributed by atoms with E-state index in [1.54, 1.807) is 6.07 Å². The van der Waals surface area contributed by atoms with Crippen molar-refractivity contribution in [2.45, 2.75) is 12.5 Å². The molecule has 1 aliphatic rings. The number of halogens is 2. The van der Waals surface area contributed by atoms with Crippen LogP contribution in [0.25, 0.3) is 0 Å². The van der Waals surface area contributed by atoms with Gasteiger partial charge in [0, 0.05) is 25.2 Å². The van der Waals surface area contributed by atoms with Crippen molar-refractivity contribution >= 4 is 34.9 Å². The molecule has 2 heterocycles. The number of carbonyl (C=O) groups is 1. The standard InChI is InChI=1S/C9H9Cl2N3O/c10-5-1-7(11)9(13-3-5)14-4-6(12)2-8(14)15/h1,3,6H,2,4,12H2. The number of hydrogen-bond acceptors (Lipinski definition) is 3. The Morgan fingerprint density at radius 2 is 2.27 bits per heavy atom. The quantitative estimate of drug-likeness (QED) is 0.815. The summed E-state index contributed by atoms with van der Waals surface area (Å²) in [6.07, 6.45) is 1.79. The van der Waals surface area contributed by atoms with E-state index < -0.39 is 0 Å². The van der Waals surface area contributed by atoms with Gasteiger partial charge in [0.1, 0.15) is 0 Å². The van der Waals surface area contributed by atoms with Gasteiger partial charge in [-0.3, -0.25) is 9.69 Å². The van der Waals surface area contributed by atoms with Crippen LogP contribution in [0, 0.1) is 0 Å². The van der Waals surface area contributed by atoms with Gasteiger partial charge in [-0.2, -0.15) is 0 Å². The van der Waals surface area contributed by atoms with Crippen LogP contribution in [-0.4, -0.2) is 23.5 Å². The van der Waals surface area contributed by atoms with Gasteiger partial charge in [0.15, 0.2) is 5.82 Å². The second-order valence-electron chi connectivity index (χ2n) is 3.43. The summed E-state index contributed by atoms with van der Waals surface area (Å²) in [4.78, 5) is 17.1. The fourth-order valence-corrected chi connectivity index (χ4v) is 2.03. The fourth-order valence-electron chi connectivity index (χ4n) is 1.55. The van der Waals surface area contributed by atoms with E-state index in [0.717, 1.165) is 0 Å². The van der Waals surface area contributed by atoms with Gasteiger partial charge >= 0.3 is 0 Å². The van der Waals surface area contributed by atoms with Crippen LogP contribution in [0.4, 0.5) is 5.82 Å². The predicted molar refractivity (Wildman–Crippen MR) is 59.2 cm³/mol. The predicted octanol–water partition coefficient (Wildman–Crippen LogP) is 1.45. The van der Waals surface area contributed by atoms with Crippen LogP contribution in [0.2, 0.25) is 10.0 Å². The minimum Gasteiger partial charge on any atom is -0.326 e. The smallest absolute Gasteiger partial charge is 0.229 e. The first-order valence-corrected chi connectivity index (χ1v) is 5.20. The molecule has 80 valence electrons. The van der Waals surface area contributed by atoms with Crippen molar-refractivity contribution in [1.29, 1.82) is 0 Å². The number of carbonyl (C=O) groups excluding carboxylic acids is 1. The normalized spacial score (nSPS) is 21.1. The zero-order chi connectivity index (χ0) is 11.0. The number of pyridine rings is 1. The summed E-state index contributed by atoms with van der Waals surface area (Å²) in [5.41, 5.74) is 5.67. The molecule has 2 N–H and O–H groups in total. The Balaban J connectivity index is 2.34. The lowest BCUT2D eigenvalue weighted by atomic mass is 10.3. The highest BCUT2D eigenvalue weighted by Crippen LogP contribution is 2.28. The first-order valence-electron chi connectivity index (χ1n) is 4.45. The molecule has 1 atom stereocenters. The molecule has 1 amide bonds. The van der Waals surface area contributed by atoms with Crippen LogP contribution in [0.1, 0.15) is 6.42 Å². The highest BCUT2D eigenvalue weighted by molar-refractivity contribution is 6.36. The lowest BCUT2D eigenvalue weighted by Gasteiger charge is -2.15. The molecule has 1 unspecified atom stereocenters. The number of amides is 1. The summed E-state index contributed by atoms with van der Waals surface area (Å²) in [6, 6.07) is 1.41. The third-order valence-electron chi connectivity index (χ3n) is 2.20. The largest absolute Gasteiger partial charge is 0.326 e. The van der Waals surface area contributed by atoms with Crippen LogP contribution in [-0.2, 0) is 4.79 Å². The number of nitrogens with two attached hydrogens (primary N) is 1. The monoisotopic (exact) mass is 245 g/mol. The molecular formula is C9H9Cl2N3O. The van der Waals surface area contributed by atoms with Gasteiger partial charge in [-0.1, -0.05) is 23.2 Å². The highest BCUT2D eigenvalue weighted by atomic mass is 35.5. The minimum atomic E-state index is -0.147. The molecule has 0 aromatic carbocycles. The second-order valence-corrected chi connectivity index (χ2v) is 4.27. The van der Waals surface area contributed by atoms with Crippen LogP contribution < -0.4 is 10.6 Å². The Morgan fingerprint density at radius 1 is 1.53 bits per heavy atom. The van der Waals surface area contributed by atoms with E-state index in [-0.39, 0.29) is 11.9 Å². The Hall–Kier alpha value is -0.840. The number of hydrogen-bond donors (Lipinski definition) is 1. The van der Waals surface area contributed by atoms with Gasteiger partial charge in [-0.05, 0) is 6.07 Å². The minimum absolute atomic E-state index is 0.0563. The lowest BCUT2D eigenvalue weighted by molar-refractivity contribution is -0.117. The maximum atomic E-state index is 11.5. The highest BCUT2D eigenvalue weighted by Gasteiger charge is 2.30. The topological polar surface area (TPSA) is 59.2 Å². The number of aromatic nitrogens is 1. The molecule has 4 nitrogen and oxygen atoms in total. The van der Waals surface area contributed by atoms with E-state index in [4.69, 9.17) is 28.9 Å². The van der Waals surface area contributed by atoms with Crippen molar-refractivity contribution in [2.75, 3.05) is 11.4 Å². The lowest BCUT2D eigenvalue weighted by Crippen LogP contribution is -2.28. The molecule has 1 fully saturated rings. The first-order chi connectivity index (χ1) is 7.08. The average Bonchev–Trinajstić information content (AvgIpc) is 2.45. The molecule has 1 saturated heterocycles. The molecule has 6 heteroatoms. The molecule has 0 bridgehead atoms. The molecule has 0 radical (unpaired) electrons. The molecule has 2 rings (SSSR count). The second kappa shape index (κ2) is 3.96. The molecule has 15 heavy (non-hydrogen) atoms. The maximum Gasteiger partial charge on any atom is 0.229 e. The maximum absolute atomic E-state index is 11.5. The van der Waals surface area contributed by atoms with E-state index in [2.05, 4.69) is 4.98 Å². The molecule has 0 spiro atoms. The summed E-state index contributed by atoms with van der Waals surface area (Å²) in [5.74, 6) is 0.373. The van der Waals surface area contributed by atoms with Crippen molar-refractivity contribution in [3.63, 3.8) is 0 Å². The summed E-state index contributed by atoms with van der Waals surface area (Å²) in [7, 11) is 0. The Bertz CT molecular complexity index is 410. The van der Waals surface area contributed by atoms with Crippen molar-refractivity contribution in [1.82, 2.24) is 4.98 Å². The van der Waals surface area contributed by atoms with Gasteiger partial charge < -0.3 is 5.73 Å². The van der Waals surface area contributed by atoms with Gasteiger partial charge in [-0.25, -0.2) is 4.98 Å². The molecule has 0 saturated carbocycles. The first kappa shape index (κ1) is 10.7. The van der Waals surface area contributed by atoms with E-state index in [1.807, 2.05) is 0 Å². The average molecular weight is 246 g/mol. The van der Waals surface area contributed by atoms with Crippen molar-refractivity contribution in [3.05, 3.63) is 22.3 Å². The van der Waals surface area contributed by atoms with Gasteiger partial charge in [0.2, 0.25) is 5.91 Å². The Kier molecular flexibility index (Phi) is 2.82. The van der Waals surface area contributed by atoms with Gasteiger partial charge in [0.05, 0.1) is 10.0 Å². The molecular weight excluding hydrogens is 237 g/mol. The summed E-state index contributed by atoms with van der Waals surface area (Å²) in [5, 5.41) is 0.810. The van der Waals surface area contributed by atoms with Crippen LogP contribution in [0.15, 0.2) is 12.3 Å². The van der Waals surface area contributed by atoms with Gasteiger partial charge in [0.25, 0.3) is 0 Å². The third-order valence-corrected chi connectivity index (χ3v) is 2.68. The summed E-state index contributed by atoms with van der Waals surface area (Å²) in [6.45, 7) is 0.452. The van der Waals surface area contributed by atoms with Crippen LogP contribution in [0.3, 0.4) is 0 Å². The zero-order valence-electron chi connectivity index (χ0n) is 7.78. The molecule has 1 aliphatic heterocycles. The number of nitrogens with zero attached hydrogens (tertiary/aromatic N) is 2. The Labute approximate surface area is 97.0 Å². The van der Waals surface area contributed by atoms with E-state index in [0.29, 0.717) is 28.8 Å². The van der Waals surface area contributed by atoms with E-state index in [1.165, 1.54) is 11.1 Å².